The highest BCUT2D eigenvalue weighted by Crippen LogP contribution is 2.41. The Balaban J connectivity index is 1.61. The number of anilines is 2. The Hall–Kier alpha value is -3.39. The van der Waals surface area contributed by atoms with E-state index in [-0.39, 0.29) is 17.3 Å². The predicted octanol–water partition coefficient (Wildman–Crippen LogP) is 2.35. The zero-order chi connectivity index (χ0) is 19.9. The molecular weight excluding hydrogens is 378 g/mol. The molecule has 3 aromatic rings. The molecule has 0 aliphatic carbocycles. The number of hydrogen-bond donors (Lipinski definition) is 2. The van der Waals surface area contributed by atoms with Gasteiger partial charge in [0.25, 0.3) is 15.9 Å². The van der Waals surface area contributed by atoms with Crippen LogP contribution in [-0.4, -0.2) is 33.8 Å². The van der Waals surface area contributed by atoms with Gasteiger partial charge in [-0.1, -0.05) is 30.3 Å². The molecule has 1 aliphatic heterocycles. The van der Waals surface area contributed by atoms with Crippen LogP contribution in [0.5, 0.6) is 0 Å². The van der Waals surface area contributed by atoms with Crippen molar-refractivity contribution in [3.63, 3.8) is 0 Å². The van der Waals surface area contributed by atoms with Crippen molar-refractivity contribution in [2.45, 2.75) is 4.90 Å². The molecule has 7 nitrogen and oxygen atoms in total. The van der Waals surface area contributed by atoms with Crippen LogP contribution in [0.25, 0.3) is 10.8 Å². The minimum Gasteiger partial charge on any atom is -0.355 e. The third kappa shape index (κ3) is 2.87. The second kappa shape index (κ2) is 6.65. The minimum atomic E-state index is -3.80. The summed E-state index contributed by atoms with van der Waals surface area (Å²) in [6.45, 7) is -0.361. The van der Waals surface area contributed by atoms with Crippen molar-refractivity contribution >= 4 is 44.0 Å². The molecule has 2 amide bonds. The van der Waals surface area contributed by atoms with Crippen molar-refractivity contribution in [3.05, 3.63) is 66.2 Å². The topological polar surface area (TPSA) is 95.6 Å². The van der Waals surface area contributed by atoms with Gasteiger partial charge in [0.15, 0.2) is 0 Å². The monoisotopic (exact) mass is 395 g/mol. The lowest BCUT2D eigenvalue weighted by molar-refractivity contribution is -0.114. The summed E-state index contributed by atoms with van der Waals surface area (Å²) >= 11 is 0. The zero-order valence-corrected chi connectivity index (χ0v) is 15.8. The maximum atomic E-state index is 12.9. The molecule has 0 atom stereocenters. The number of hydrogen-bond acceptors (Lipinski definition) is 4. The Morgan fingerprint density at radius 2 is 1.71 bits per heavy atom. The first kappa shape index (κ1) is 18.0. The standard InChI is InChI=1S/C20H17N3O4S/c1-21-20(25)14-7-2-8-15(11-14)22-18(24)12-23-16-9-3-5-13-6-4-10-17(19(13)16)28(23,26)27/h2-11H,12H2,1H3,(H,21,25)(H,22,24). The van der Waals surface area contributed by atoms with E-state index in [0.29, 0.717) is 22.3 Å². The fraction of sp³-hybridized carbons (Fsp3) is 0.100. The molecule has 0 fully saturated rings. The summed E-state index contributed by atoms with van der Waals surface area (Å²) in [5.41, 5.74) is 1.30. The van der Waals surface area contributed by atoms with E-state index in [9.17, 15) is 18.0 Å². The number of amides is 2. The number of benzene rings is 3. The lowest BCUT2D eigenvalue weighted by Crippen LogP contribution is -2.35. The van der Waals surface area contributed by atoms with E-state index in [1.807, 2.05) is 12.1 Å². The highest BCUT2D eigenvalue weighted by molar-refractivity contribution is 7.93. The van der Waals surface area contributed by atoms with Crippen molar-refractivity contribution in [1.29, 1.82) is 0 Å². The zero-order valence-electron chi connectivity index (χ0n) is 15.0. The number of nitrogens with one attached hydrogen (secondary N) is 2. The van der Waals surface area contributed by atoms with Crippen molar-refractivity contribution in [3.8, 4) is 0 Å². The highest BCUT2D eigenvalue weighted by Gasteiger charge is 2.36. The molecule has 1 aliphatic rings. The van der Waals surface area contributed by atoms with Crippen LogP contribution in [0, 0.1) is 0 Å². The molecule has 0 radical (unpaired) electrons. The van der Waals surface area contributed by atoms with Crippen molar-refractivity contribution < 1.29 is 18.0 Å². The molecule has 28 heavy (non-hydrogen) atoms. The smallest absolute Gasteiger partial charge is 0.265 e. The molecular formula is C20H17N3O4S. The lowest BCUT2D eigenvalue weighted by Gasteiger charge is -2.18. The van der Waals surface area contributed by atoms with Gasteiger partial charge in [-0.2, -0.15) is 0 Å². The Labute approximate surface area is 162 Å². The van der Waals surface area contributed by atoms with Gasteiger partial charge in [-0.05, 0) is 35.7 Å². The van der Waals surface area contributed by atoms with Gasteiger partial charge in [0.1, 0.15) is 6.54 Å². The van der Waals surface area contributed by atoms with E-state index in [1.165, 1.54) is 13.1 Å². The number of carbonyl (C=O) groups is 2. The Kier molecular flexibility index (Phi) is 4.27. The second-order valence-corrected chi connectivity index (χ2v) is 8.18. The summed E-state index contributed by atoms with van der Waals surface area (Å²) in [6.07, 6.45) is 0. The normalized spacial score (nSPS) is 14.1. The third-order valence-electron chi connectivity index (χ3n) is 4.60. The van der Waals surface area contributed by atoms with Gasteiger partial charge in [0, 0.05) is 23.7 Å². The number of nitrogens with zero attached hydrogens (tertiary/aromatic N) is 1. The summed E-state index contributed by atoms with van der Waals surface area (Å²) < 4.78 is 27.0. The SMILES string of the molecule is CNC(=O)c1cccc(NC(=O)CN2c3cccc4cccc(c34)S2(=O)=O)c1. The fourth-order valence-corrected chi connectivity index (χ4v) is 5.01. The Bertz CT molecular complexity index is 1220. The highest BCUT2D eigenvalue weighted by atomic mass is 32.2. The van der Waals surface area contributed by atoms with Gasteiger partial charge in [-0.25, -0.2) is 8.42 Å². The summed E-state index contributed by atoms with van der Waals surface area (Å²) in [7, 11) is -2.29. The van der Waals surface area contributed by atoms with Gasteiger partial charge in [-0.15, -0.1) is 0 Å². The molecule has 142 valence electrons. The molecule has 0 bridgehead atoms. The summed E-state index contributed by atoms with van der Waals surface area (Å²) in [4.78, 5) is 24.5. The minimum absolute atomic E-state index is 0.204. The van der Waals surface area contributed by atoms with E-state index in [0.717, 1.165) is 9.69 Å². The van der Waals surface area contributed by atoms with Crippen LogP contribution in [-0.2, 0) is 14.8 Å². The summed E-state index contributed by atoms with van der Waals surface area (Å²) in [6, 6.07) is 16.8. The van der Waals surface area contributed by atoms with E-state index < -0.39 is 15.9 Å². The maximum absolute atomic E-state index is 12.9. The third-order valence-corrected chi connectivity index (χ3v) is 6.41. The van der Waals surface area contributed by atoms with Gasteiger partial charge in [-0.3, -0.25) is 13.9 Å². The number of rotatable bonds is 4. The molecule has 2 N–H and O–H groups in total. The van der Waals surface area contributed by atoms with Gasteiger partial charge >= 0.3 is 0 Å². The van der Waals surface area contributed by atoms with Crippen LogP contribution in [0.1, 0.15) is 10.4 Å². The first-order valence-electron chi connectivity index (χ1n) is 8.58. The molecule has 0 saturated heterocycles. The molecule has 0 unspecified atom stereocenters. The molecule has 8 heteroatoms. The average molecular weight is 395 g/mol. The first-order chi connectivity index (χ1) is 13.4. The largest absolute Gasteiger partial charge is 0.355 e. The van der Waals surface area contributed by atoms with Crippen LogP contribution in [0.4, 0.5) is 11.4 Å². The Morgan fingerprint density at radius 3 is 2.46 bits per heavy atom. The molecule has 0 aromatic heterocycles. The van der Waals surface area contributed by atoms with Gasteiger partial charge in [0.05, 0.1) is 10.6 Å². The predicted molar refractivity (Wildman–Crippen MR) is 107 cm³/mol. The van der Waals surface area contributed by atoms with Gasteiger partial charge in [0.2, 0.25) is 5.91 Å². The lowest BCUT2D eigenvalue weighted by atomic mass is 10.1. The maximum Gasteiger partial charge on any atom is 0.265 e. The van der Waals surface area contributed by atoms with Crippen molar-refractivity contribution in [2.75, 3.05) is 23.2 Å². The van der Waals surface area contributed by atoms with E-state index in [2.05, 4.69) is 10.6 Å². The number of sulfonamides is 1. The van der Waals surface area contributed by atoms with Crippen molar-refractivity contribution in [2.24, 2.45) is 0 Å². The molecule has 0 saturated carbocycles. The van der Waals surface area contributed by atoms with E-state index >= 15 is 0 Å². The quantitative estimate of drug-likeness (QED) is 0.709. The van der Waals surface area contributed by atoms with Gasteiger partial charge < -0.3 is 10.6 Å². The molecule has 4 rings (SSSR count). The van der Waals surface area contributed by atoms with Crippen LogP contribution < -0.4 is 14.9 Å². The fourth-order valence-electron chi connectivity index (χ4n) is 3.34. The summed E-state index contributed by atoms with van der Waals surface area (Å²) in [5, 5.41) is 6.60. The summed E-state index contributed by atoms with van der Waals surface area (Å²) in [5.74, 6) is -0.775. The van der Waals surface area contributed by atoms with E-state index in [4.69, 9.17) is 0 Å². The van der Waals surface area contributed by atoms with E-state index in [1.54, 1.807) is 42.5 Å². The first-order valence-corrected chi connectivity index (χ1v) is 10.0. The van der Waals surface area contributed by atoms with Crippen molar-refractivity contribution in [1.82, 2.24) is 5.32 Å². The molecule has 0 spiro atoms. The Morgan fingerprint density at radius 1 is 1.00 bits per heavy atom. The average Bonchev–Trinajstić information content (AvgIpc) is 2.91. The number of carbonyl (C=O) groups excluding carboxylic acids is 2. The molecule has 1 heterocycles. The second-order valence-electron chi connectivity index (χ2n) is 6.35. The van der Waals surface area contributed by atoms with Crippen LogP contribution in [0.3, 0.4) is 0 Å². The van der Waals surface area contributed by atoms with Crippen LogP contribution in [0.2, 0.25) is 0 Å². The van der Waals surface area contributed by atoms with Crippen LogP contribution in [0.15, 0.2) is 65.6 Å². The van der Waals surface area contributed by atoms with Crippen LogP contribution >= 0.6 is 0 Å². The molecule has 3 aromatic carbocycles.